The van der Waals surface area contributed by atoms with E-state index < -0.39 is 60.4 Å². The van der Waals surface area contributed by atoms with Gasteiger partial charge in [0.05, 0.1) is 0 Å². The monoisotopic (exact) mass is 531 g/mol. The molecule has 2 fully saturated rings. The molecule has 204 valence electrons. The summed E-state index contributed by atoms with van der Waals surface area (Å²) in [6.45, 7) is 4.80. The Kier molecular flexibility index (Phi) is 9.33. The zero-order chi connectivity index (χ0) is 28.0. The summed E-state index contributed by atoms with van der Waals surface area (Å²) in [6.07, 6.45) is 1.26. The summed E-state index contributed by atoms with van der Waals surface area (Å²) in [5.74, 6) is -0.384. The highest BCUT2D eigenvalue weighted by Crippen LogP contribution is 2.35. The molecule has 1 aliphatic carbocycles. The molecule has 1 heterocycles. The van der Waals surface area contributed by atoms with Crippen molar-refractivity contribution in [3.05, 3.63) is 29.3 Å². The van der Waals surface area contributed by atoms with Crippen molar-refractivity contribution in [1.29, 1.82) is 0 Å². The van der Waals surface area contributed by atoms with Crippen molar-refractivity contribution in [3.8, 4) is 23.8 Å². The van der Waals surface area contributed by atoms with Gasteiger partial charge in [-0.3, -0.25) is 19.2 Å². The quantitative estimate of drug-likeness (QED) is 0.212. The van der Waals surface area contributed by atoms with Gasteiger partial charge in [0, 0.05) is 26.3 Å². The molecule has 1 aromatic carbocycles. The van der Waals surface area contributed by atoms with Crippen molar-refractivity contribution < 1.29 is 52.7 Å². The standard InChI is InChI=1S/C26H29NO11/c1-6-9-33-19-8-7-17(11-18(19)31)10-13(2)26(32)27-20-21(36-14(3)28)23-24(35-12-34-23)25(38-16(5)30)22(20)37-15(4)29/h1,7-8,10-11,20-25,31H,9,12H2,2-5H3,(H,27,32)/b13-10+/t20-,21+,22-,23-,24-,25+/m0/s1. The number of fused-ring (bicyclic) bond motifs is 1. The highest BCUT2D eigenvalue weighted by Gasteiger charge is 2.59. The van der Waals surface area contributed by atoms with Gasteiger partial charge in [-0.2, -0.15) is 0 Å². The summed E-state index contributed by atoms with van der Waals surface area (Å²) in [5, 5.41) is 12.9. The highest BCUT2D eigenvalue weighted by molar-refractivity contribution is 5.97. The fraction of sp³-hybridized carbons (Fsp3) is 0.462. The SMILES string of the molecule is C#CCOc1ccc(/C=C(\C)C(=O)N[C@H]2[C@@H](OC(C)=O)[C@@H]3OCO[C@@H]3[C@H](OC(C)=O)[C@H]2OC(C)=O)cc1O. The molecule has 2 aliphatic rings. The minimum absolute atomic E-state index is 0.0243. The van der Waals surface area contributed by atoms with Gasteiger partial charge in [0.1, 0.15) is 31.6 Å². The van der Waals surface area contributed by atoms with Crippen molar-refractivity contribution in [2.24, 2.45) is 0 Å². The van der Waals surface area contributed by atoms with Gasteiger partial charge in [-0.25, -0.2) is 0 Å². The van der Waals surface area contributed by atoms with Crippen molar-refractivity contribution in [2.45, 2.75) is 64.3 Å². The molecule has 1 saturated carbocycles. The van der Waals surface area contributed by atoms with E-state index in [1.54, 1.807) is 6.07 Å². The Morgan fingerprint density at radius 2 is 1.58 bits per heavy atom. The first-order valence-corrected chi connectivity index (χ1v) is 11.6. The molecule has 1 saturated heterocycles. The first-order valence-electron chi connectivity index (χ1n) is 11.6. The van der Waals surface area contributed by atoms with Crippen LogP contribution in [0.4, 0.5) is 0 Å². The summed E-state index contributed by atoms with van der Waals surface area (Å²) in [4.78, 5) is 49.0. The topological polar surface area (TPSA) is 156 Å². The van der Waals surface area contributed by atoms with E-state index in [4.69, 9.17) is 34.8 Å². The molecule has 0 unspecified atom stereocenters. The molecule has 12 heteroatoms. The zero-order valence-electron chi connectivity index (χ0n) is 21.3. The van der Waals surface area contributed by atoms with Crippen LogP contribution in [0.1, 0.15) is 33.3 Å². The summed E-state index contributed by atoms with van der Waals surface area (Å²) in [7, 11) is 0. The van der Waals surface area contributed by atoms with Crippen LogP contribution in [0.2, 0.25) is 0 Å². The van der Waals surface area contributed by atoms with Crippen LogP contribution in [0.3, 0.4) is 0 Å². The maximum absolute atomic E-state index is 13.2. The first kappa shape index (κ1) is 28.5. The molecule has 3 rings (SSSR count). The van der Waals surface area contributed by atoms with E-state index in [0.717, 1.165) is 6.92 Å². The third-order valence-electron chi connectivity index (χ3n) is 5.76. The van der Waals surface area contributed by atoms with Gasteiger partial charge in [-0.15, -0.1) is 6.42 Å². The predicted molar refractivity (Wildman–Crippen MR) is 129 cm³/mol. The van der Waals surface area contributed by atoms with Crippen LogP contribution in [0.5, 0.6) is 11.5 Å². The summed E-state index contributed by atoms with van der Waals surface area (Å²) < 4.78 is 32.7. The van der Waals surface area contributed by atoms with Crippen molar-refractivity contribution in [3.63, 3.8) is 0 Å². The summed E-state index contributed by atoms with van der Waals surface area (Å²) in [5.41, 5.74) is 0.671. The van der Waals surface area contributed by atoms with Gasteiger partial charge < -0.3 is 38.8 Å². The number of carbonyl (C=O) groups excluding carboxylic acids is 4. The lowest BCUT2D eigenvalue weighted by molar-refractivity contribution is -0.205. The minimum Gasteiger partial charge on any atom is -0.504 e. The Hall–Kier alpha value is -4.08. The molecular formula is C26H29NO11. The second-order valence-electron chi connectivity index (χ2n) is 8.65. The molecule has 1 aliphatic heterocycles. The second kappa shape index (κ2) is 12.4. The maximum atomic E-state index is 13.2. The molecular weight excluding hydrogens is 502 g/mol. The number of ether oxygens (including phenoxy) is 6. The van der Waals surface area contributed by atoms with E-state index in [1.165, 1.54) is 39.0 Å². The Labute approximate surface area is 219 Å². The average molecular weight is 532 g/mol. The smallest absolute Gasteiger partial charge is 0.303 e. The average Bonchev–Trinajstić information content (AvgIpc) is 3.32. The number of benzene rings is 1. The van der Waals surface area contributed by atoms with E-state index in [1.807, 2.05) is 0 Å². The Morgan fingerprint density at radius 3 is 2.16 bits per heavy atom. The van der Waals surface area contributed by atoms with E-state index in [0.29, 0.717) is 5.56 Å². The molecule has 0 spiro atoms. The Balaban J connectivity index is 1.92. The van der Waals surface area contributed by atoms with E-state index in [9.17, 15) is 24.3 Å². The minimum atomic E-state index is -1.27. The van der Waals surface area contributed by atoms with Crippen LogP contribution in [0, 0.1) is 12.3 Å². The van der Waals surface area contributed by atoms with E-state index in [2.05, 4.69) is 11.2 Å². The third-order valence-corrected chi connectivity index (χ3v) is 5.76. The highest BCUT2D eigenvalue weighted by atomic mass is 16.7. The number of hydrogen-bond donors (Lipinski definition) is 2. The summed E-state index contributed by atoms with van der Waals surface area (Å²) in [6, 6.07) is 3.33. The molecule has 6 atom stereocenters. The van der Waals surface area contributed by atoms with Crippen LogP contribution in [-0.4, -0.2) is 78.9 Å². The maximum Gasteiger partial charge on any atom is 0.303 e. The number of rotatable bonds is 8. The van der Waals surface area contributed by atoms with Crippen molar-refractivity contribution in [2.75, 3.05) is 13.4 Å². The molecule has 38 heavy (non-hydrogen) atoms. The van der Waals surface area contributed by atoms with Gasteiger partial charge >= 0.3 is 17.9 Å². The fourth-order valence-corrected chi connectivity index (χ4v) is 4.33. The van der Waals surface area contributed by atoms with Crippen molar-refractivity contribution in [1.82, 2.24) is 5.32 Å². The van der Waals surface area contributed by atoms with Crippen molar-refractivity contribution >= 4 is 29.9 Å². The summed E-state index contributed by atoms with van der Waals surface area (Å²) >= 11 is 0. The van der Waals surface area contributed by atoms with Crippen LogP contribution < -0.4 is 10.1 Å². The van der Waals surface area contributed by atoms with Gasteiger partial charge in [-0.1, -0.05) is 12.0 Å². The Morgan fingerprint density at radius 1 is 1.00 bits per heavy atom. The van der Waals surface area contributed by atoms with Gasteiger partial charge in [0.15, 0.2) is 29.8 Å². The number of esters is 3. The number of hydrogen-bond acceptors (Lipinski definition) is 11. The van der Waals surface area contributed by atoms with Crippen LogP contribution in [0.25, 0.3) is 6.08 Å². The number of nitrogens with one attached hydrogen (secondary N) is 1. The third kappa shape index (κ3) is 6.81. The second-order valence-corrected chi connectivity index (χ2v) is 8.65. The number of amides is 1. The number of terminal acetylenes is 1. The predicted octanol–water partition coefficient (Wildman–Crippen LogP) is 0.843. The normalized spacial score (nSPS) is 26.3. The lowest BCUT2D eigenvalue weighted by Gasteiger charge is -2.45. The van der Waals surface area contributed by atoms with E-state index in [-0.39, 0.29) is 30.5 Å². The fourth-order valence-electron chi connectivity index (χ4n) is 4.33. The molecule has 1 amide bonds. The lowest BCUT2D eigenvalue weighted by Crippen LogP contribution is -2.70. The number of phenols is 1. The largest absolute Gasteiger partial charge is 0.504 e. The molecule has 12 nitrogen and oxygen atoms in total. The lowest BCUT2D eigenvalue weighted by atomic mass is 9.82. The number of carbonyl (C=O) groups is 4. The van der Waals surface area contributed by atoms with Gasteiger partial charge in [0.25, 0.3) is 0 Å². The first-order chi connectivity index (χ1) is 18.0. The van der Waals surface area contributed by atoms with Crippen LogP contribution in [0.15, 0.2) is 23.8 Å². The zero-order valence-corrected chi connectivity index (χ0v) is 21.3. The molecule has 1 aromatic rings. The van der Waals surface area contributed by atoms with Crippen LogP contribution >= 0.6 is 0 Å². The molecule has 0 bridgehead atoms. The van der Waals surface area contributed by atoms with Gasteiger partial charge in [-0.05, 0) is 30.7 Å². The molecule has 2 N–H and O–H groups in total. The van der Waals surface area contributed by atoms with Crippen LogP contribution in [-0.2, 0) is 42.9 Å². The van der Waals surface area contributed by atoms with Gasteiger partial charge in [0.2, 0.25) is 5.91 Å². The molecule has 0 radical (unpaired) electrons. The number of phenolic OH excluding ortho intramolecular Hbond substituents is 1. The Bertz CT molecular complexity index is 1150. The number of aromatic hydroxyl groups is 1. The van der Waals surface area contributed by atoms with E-state index >= 15 is 0 Å². The molecule has 0 aromatic heterocycles.